The molecule has 1 aliphatic rings. The van der Waals surface area contributed by atoms with E-state index < -0.39 is 6.61 Å². The highest BCUT2D eigenvalue weighted by molar-refractivity contribution is 5.80. The monoisotopic (exact) mass is 369 g/mol. The molecule has 1 aromatic rings. The maximum absolute atomic E-state index is 12.3. The van der Waals surface area contributed by atoms with Crippen molar-refractivity contribution >= 4 is 11.9 Å². The van der Waals surface area contributed by atoms with Gasteiger partial charge in [-0.1, -0.05) is 12.1 Å². The number of nitrogens with zero attached hydrogens (tertiary/aromatic N) is 2. The van der Waals surface area contributed by atoms with Gasteiger partial charge in [-0.05, 0) is 37.5 Å². The lowest BCUT2D eigenvalue weighted by atomic mass is 9.97. The van der Waals surface area contributed by atoms with Crippen molar-refractivity contribution in [1.29, 1.82) is 0 Å². The van der Waals surface area contributed by atoms with Crippen LogP contribution in [0.5, 0.6) is 5.75 Å². The van der Waals surface area contributed by atoms with Crippen LogP contribution in [0.25, 0.3) is 0 Å². The average Bonchev–Trinajstić information content (AvgIpc) is 2.63. The van der Waals surface area contributed by atoms with E-state index in [1.165, 1.54) is 6.07 Å². The summed E-state index contributed by atoms with van der Waals surface area (Å²) in [5.41, 5.74) is 0.811. The number of halogens is 2. The number of likely N-dealkylation sites (tertiary alicyclic amines) is 1. The first-order chi connectivity index (χ1) is 12.5. The first-order valence-corrected chi connectivity index (χ1v) is 8.69. The first kappa shape index (κ1) is 19.9. The number of alkyl halides is 2. The molecule has 1 aliphatic heterocycles. The number of esters is 1. The van der Waals surface area contributed by atoms with Crippen LogP contribution in [0.4, 0.5) is 8.78 Å². The van der Waals surface area contributed by atoms with E-state index >= 15 is 0 Å². The summed E-state index contributed by atoms with van der Waals surface area (Å²) in [5.74, 6) is 0.649. The third-order valence-corrected chi connectivity index (χ3v) is 4.20. The van der Waals surface area contributed by atoms with Crippen LogP contribution in [-0.2, 0) is 16.1 Å². The minimum atomic E-state index is -2.84. The van der Waals surface area contributed by atoms with Crippen molar-refractivity contribution in [2.75, 3.05) is 26.7 Å². The Morgan fingerprint density at radius 3 is 2.73 bits per heavy atom. The van der Waals surface area contributed by atoms with Gasteiger partial charge in [-0.2, -0.15) is 8.78 Å². The Labute approximate surface area is 152 Å². The number of carbonyl (C=O) groups excluding carboxylic acids is 1. The van der Waals surface area contributed by atoms with Gasteiger partial charge in [0.25, 0.3) is 0 Å². The van der Waals surface area contributed by atoms with Crippen molar-refractivity contribution in [3.05, 3.63) is 29.8 Å². The molecule has 26 heavy (non-hydrogen) atoms. The summed E-state index contributed by atoms with van der Waals surface area (Å²) in [6.45, 7) is 1.21. The third-order valence-electron chi connectivity index (χ3n) is 4.20. The van der Waals surface area contributed by atoms with E-state index in [1.54, 1.807) is 26.1 Å². The van der Waals surface area contributed by atoms with Crippen molar-refractivity contribution in [3.63, 3.8) is 0 Å². The van der Waals surface area contributed by atoms with Crippen LogP contribution >= 0.6 is 0 Å². The quantitative estimate of drug-likeness (QED) is 0.475. The number of nitrogens with one attached hydrogen (secondary N) is 1. The van der Waals surface area contributed by atoms with Gasteiger partial charge >= 0.3 is 12.6 Å². The summed E-state index contributed by atoms with van der Waals surface area (Å²) in [5, 5.41) is 3.22. The van der Waals surface area contributed by atoms with E-state index in [2.05, 4.69) is 19.9 Å². The number of carbonyl (C=O) groups is 1. The highest BCUT2D eigenvalue weighted by Gasteiger charge is 2.27. The van der Waals surface area contributed by atoms with Crippen molar-refractivity contribution in [2.45, 2.75) is 32.9 Å². The fraction of sp³-hybridized carbons (Fsp3) is 0.556. The molecular weight excluding hydrogens is 344 g/mol. The number of ether oxygens (including phenoxy) is 2. The molecule has 0 aliphatic carbocycles. The molecule has 1 heterocycles. The molecule has 6 nitrogen and oxygen atoms in total. The largest absolute Gasteiger partial charge is 0.466 e. The van der Waals surface area contributed by atoms with Crippen molar-refractivity contribution < 1.29 is 23.0 Å². The van der Waals surface area contributed by atoms with Crippen molar-refractivity contribution in [1.82, 2.24) is 10.2 Å². The van der Waals surface area contributed by atoms with Crippen molar-refractivity contribution in [2.24, 2.45) is 10.9 Å². The molecule has 1 fully saturated rings. The van der Waals surface area contributed by atoms with Gasteiger partial charge in [-0.15, -0.1) is 0 Å². The fourth-order valence-corrected chi connectivity index (χ4v) is 2.93. The molecule has 2 rings (SSSR count). The fourth-order valence-electron chi connectivity index (χ4n) is 2.93. The molecule has 144 valence electrons. The number of guanidine groups is 1. The zero-order valence-electron chi connectivity index (χ0n) is 15.1. The molecule has 0 bridgehead atoms. The maximum Gasteiger partial charge on any atom is 0.387 e. The lowest BCUT2D eigenvalue weighted by Crippen LogP contribution is -2.46. The summed E-state index contributed by atoms with van der Waals surface area (Å²) >= 11 is 0. The minimum absolute atomic E-state index is 0.0625. The predicted octanol–water partition coefficient (Wildman–Crippen LogP) is 2.64. The second kappa shape index (κ2) is 9.94. The topological polar surface area (TPSA) is 63.2 Å². The molecule has 0 aromatic heterocycles. The molecule has 0 saturated carbocycles. The van der Waals surface area contributed by atoms with E-state index in [1.807, 2.05) is 6.07 Å². The van der Waals surface area contributed by atoms with Crippen LogP contribution in [0.2, 0.25) is 0 Å². The molecule has 0 radical (unpaired) electrons. The van der Waals surface area contributed by atoms with Crippen LogP contribution < -0.4 is 10.1 Å². The Morgan fingerprint density at radius 1 is 1.38 bits per heavy atom. The molecule has 1 N–H and O–H groups in total. The van der Waals surface area contributed by atoms with Crippen LogP contribution in [0.1, 0.15) is 25.3 Å². The van der Waals surface area contributed by atoms with Crippen LogP contribution in [0, 0.1) is 5.92 Å². The standard InChI is InChI=1S/C18H25F2N3O3/c1-3-25-16(24)14-7-9-23(10-8-14)18(21-2)22-12-13-5-4-6-15(11-13)26-17(19)20/h4-6,11,14,17H,3,7-10,12H2,1-2H3,(H,21,22). The number of hydrogen-bond acceptors (Lipinski definition) is 4. The Hall–Kier alpha value is -2.38. The number of aliphatic imine (C=N–C) groups is 1. The highest BCUT2D eigenvalue weighted by Crippen LogP contribution is 2.19. The van der Waals surface area contributed by atoms with Gasteiger partial charge in [0.15, 0.2) is 5.96 Å². The van der Waals surface area contributed by atoms with Gasteiger partial charge < -0.3 is 19.7 Å². The Kier molecular flexibility index (Phi) is 7.62. The predicted molar refractivity (Wildman–Crippen MR) is 94.2 cm³/mol. The minimum Gasteiger partial charge on any atom is -0.466 e. The maximum atomic E-state index is 12.3. The van der Waals surface area contributed by atoms with Gasteiger partial charge in [0.05, 0.1) is 12.5 Å². The molecular formula is C18H25F2N3O3. The molecule has 1 aromatic carbocycles. The van der Waals surface area contributed by atoms with E-state index in [-0.39, 0.29) is 17.6 Å². The second-order valence-corrected chi connectivity index (χ2v) is 5.94. The number of benzene rings is 1. The summed E-state index contributed by atoms with van der Waals surface area (Å²) in [4.78, 5) is 18.2. The lowest BCUT2D eigenvalue weighted by Gasteiger charge is -2.33. The van der Waals surface area contributed by atoms with Gasteiger partial charge in [0.1, 0.15) is 5.75 Å². The zero-order chi connectivity index (χ0) is 18.9. The third kappa shape index (κ3) is 5.86. The van der Waals surface area contributed by atoms with E-state index in [4.69, 9.17) is 4.74 Å². The molecule has 1 saturated heterocycles. The Bertz CT molecular complexity index is 617. The summed E-state index contributed by atoms with van der Waals surface area (Å²) in [7, 11) is 1.69. The van der Waals surface area contributed by atoms with Crippen LogP contribution in [-0.4, -0.2) is 50.2 Å². The summed E-state index contributed by atoms with van der Waals surface area (Å²) in [6, 6.07) is 6.55. The molecule has 0 atom stereocenters. The highest BCUT2D eigenvalue weighted by atomic mass is 19.3. The molecule has 0 unspecified atom stereocenters. The van der Waals surface area contributed by atoms with E-state index in [0.717, 1.165) is 18.4 Å². The number of hydrogen-bond donors (Lipinski definition) is 1. The Morgan fingerprint density at radius 2 is 2.12 bits per heavy atom. The van der Waals surface area contributed by atoms with Gasteiger partial charge in [-0.25, -0.2) is 0 Å². The SMILES string of the molecule is CCOC(=O)C1CCN(C(=NC)NCc2cccc(OC(F)F)c2)CC1. The van der Waals surface area contributed by atoms with Crippen LogP contribution in [0.15, 0.2) is 29.3 Å². The lowest BCUT2D eigenvalue weighted by molar-refractivity contribution is -0.149. The second-order valence-electron chi connectivity index (χ2n) is 5.94. The molecule has 8 heteroatoms. The first-order valence-electron chi connectivity index (χ1n) is 8.69. The van der Waals surface area contributed by atoms with E-state index in [0.29, 0.717) is 32.2 Å². The molecule has 0 spiro atoms. The average molecular weight is 369 g/mol. The van der Waals surface area contributed by atoms with Gasteiger partial charge in [0.2, 0.25) is 0 Å². The summed E-state index contributed by atoms with van der Waals surface area (Å²) < 4.78 is 34.1. The normalized spacial score (nSPS) is 15.9. The van der Waals surface area contributed by atoms with Crippen molar-refractivity contribution in [3.8, 4) is 5.75 Å². The molecule has 0 amide bonds. The zero-order valence-corrected chi connectivity index (χ0v) is 15.1. The van der Waals surface area contributed by atoms with Gasteiger partial charge in [0, 0.05) is 26.7 Å². The van der Waals surface area contributed by atoms with Crippen LogP contribution in [0.3, 0.4) is 0 Å². The van der Waals surface area contributed by atoms with Gasteiger partial charge in [-0.3, -0.25) is 9.79 Å². The number of rotatable bonds is 6. The number of piperidine rings is 1. The smallest absolute Gasteiger partial charge is 0.387 e. The van der Waals surface area contributed by atoms with E-state index in [9.17, 15) is 13.6 Å². The summed E-state index contributed by atoms with van der Waals surface area (Å²) in [6.07, 6.45) is 1.44. The Balaban J connectivity index is 1.86.